The fourth-order valence-corrected chi connectivity index (χ4v) is 4.56. The predicted octanol–water partition coefficient (Wildman–Crippen LogP) is 3.06. The number of benzene rings is 2. The van der Waals surface area contributed by atoms with Crippen LogP contribution in [-0.4, -0.2) is 59.0 Å². The second-order valence-corrected chi connectivity index (χ2v) is 8.98. The molecule has 1 unspecified atom stereocenters. The molecule has 4 amide bonds. The van der Waals surface area contributed by atoms with E-state index in [1.54, 1.807) is 0 Å². The SMILES string of the molecule is NC1CCC(NC(=O)C2N(C(=O)Nc3ccc(F)cc3)CCCN2C(=O)c2ccc(F)cc2)CC1. The number of nitrogens with zero attached hydrogens (tertiary/aromatic N) is 2. The minimum Gasteiger partial charge on any atom is -0.350 e. The normalized spacial score (nSPS) is 22.4. The molecule has 0 spiro atoms. The predicted molar refractivity (Wildman–Crippen MR) is 126 cm³/mol. The zero-order chi connectivity index (χ0) is 24.9. The molecule has 2 aromatic carbocycles. The fraction of sp³-hybridized carbons (Fsp3) is 0.400. The second-order valence-electron chi connectivity index (χ2n) is 8.98. The number of halogens is 2. The molecule has 1 heterocycles. The Bertz CT molecular complexity index is 1060. The highest BCUT2D eigenvalue weighted by molar-refractivity contribution is 6.00. The van der Waals surface area contributed by atoms with Crippen LogP contribution in [0.5, 0.6) is 0 Å². The van der Waals surface area contributed by atoms with Crippen molar-refractivity contribution >= 4 is 23.5 Å². The molecule has 35 heavy (non-hydrogen) atoms. The van der Waals surface area contributed by atoms with Crippen LogP contribution in [0.3, 0.4) is 0 Å². The van der Waals surface area contributed by atoms with E-state index in [0.717, 1.165) is 12.8 Å². The van der Waals surface area contributed by atoms with Gasteiger partial charge in [0.05, 0.1) is 0 Å². The molecular weight excluding hydrogens is 456 g/mol. The summed E-state index contributed by atoms with van der Waals surface area (Å²) in [5.41, 5.74) is 6.55. The summed E-state index contributed by atoms with van der Waals surface area (Å²) in [5, 5.41) is 5.67. The lowest BCUT2D eigenvalue weighted by Gasteiger charge is -2.43. The molecule has 0 aromatic heterocycles. The highest BCUT2D eigenvalue weighted by Gasteiger charge is 2.41. The van der Waals surface area contributed by atoms with Gasteiger partial charge in [0.1, 0.15) is 11.6 Å². The van der Waals surface area contributed by atoms with Crippen LogP contribution >= 0.6 is 0 Å². The van der Waals surface area contributed by atoms with Crippen molar-refractivity contribution in [2.75, 3.05) is 18.4 Å². The molecule has 186 valence electrons. The third-order valence-corrected chi connectivity index (χ3v) is 6.45. The number of hydrogen-bond donors (Lipinski definition) is 3. The van der Waals surface area contributed by atoms with E-state index < -0.39 is 35.6 Å². The number of amides is 4. The van der Waals surface area contributed by atoms with E-state index in [-0.39, 0.29) is 30.7 Å². The molecule has 0 bridgehead atoms. The Morgan fingerprint density at radius 2 is 1.40 bits per heavy atom. The van der Waals surface area contributed by atoms with Gasteiger partial charge < -0.3 is 21.3 Å². The molecule has 4 rings (SSSR count). The summed E-state index contributed by atoms with van der Waals surface area (Å²) in [6.07, 6.45) is 2.25. The molecule has 1 aliphatic carbocycles. The van der Waals surface area contributed by atoms with Crippen molar-refractivity contribution in [3.05, 3.63) is 65.7 Å². The minimum absolute atomic E-state index is 0.103. The molecule has 1 atom stereocenters. The first-order chi connectivity index (χ1) is 16.8. The Labute approximate surface area is 202 Å². The Kier molecular flexibility index (Phi) is 7.60. The third-order valence-electron chi connectivity index (χ3n) is 6.45. The number of carbonyl (C=O) groups is 3. The van der Waals surface area contributed by atoms with E-state index in [1.165, 1.54) is 58.3 Å². The van der Waals surface area contributed by atoms with Crippen LogP contribution in [0.1, 0.15) is 42.5 Å². The van der Waals surface area contributed by atoms with Gasteiger partial charge in [0, 0.05) is 36.4 Å². The number of rotatable bonds is 4. The average Bonchev–Trinajstić information content (AvgIpc) is 2.86. The number of anilines is 1. The van der Waals surface area contributed by atoms with E-state index in [4.69, 9.17) is 5.73 Å². The molecule has 1 aliphatic heterocycles. The molecule has 1 saturated carbocycles. The number of carbonyl (C=O) groups excluding carboxylic acids is 3. The average molecular weight is 486 g/mol. The second kappa shape index (κ2) is 10.8. The maximum absolute atomic E-state index is 13.5. The fourth-order valence-electron chi connectivity index (χ4n) is 4.56. The standard InChI is InChI=1S/C25H29F2N5O3/c26-17-4-2-16(3-5-17)24(34)31-14-1-15-32(25(35)30-21-10-6-18(27)7-11-21)23(31)22(33)29-20-12-8-19(28)9-13-20/h2-7,10-11,19-20,23H,1,8-9,12-15,28H2,(H,29,33)(H,30,35). The van der Waals surface area contributed by atoms with Crippen LogP contribution in [0.2, 0.25) is 0 Å². The van der Waals surface area contributed by atoms with Crippen LogP contribution in [-0.2, 0) is 4.79 Å². The summed E-state index contributed by atoms with van der Waals surface area (Å²) in [4.78, 5) is 42.7. The van der Waals surface area contributed by atoms with Crippen molar-refractivity contribution in [2.45, 2.75) is 50.4 Å². The van der Waals surface area contributed by atoms with Crippen LogP contribution < -0.4 is 16.4 Å². The smallest absolute Gasteiger partial charge is 0.323 e. The Morgan fingerprint density at radius 3 is 2.03 bits per heavy atom. The van der Waals surface area contributed by atoms with Crippen molar-refractivity contribution in [1.82, 2.24) is 15.1 Å². The van der Waals surface area contributed by atoms with Gasteiger partial charge in [-0.05, 0) is 80.6 Å². The van der Waals surface area contributed by atoms with Crippen LogP contribution in [0, 0.1) is 11.6 Å². The van der Waals surface area contributed by atoms with Gasteiger partial charge in [-0.3, -0.25) is 14.5 Å². The first-order valence-corrected chi connectivity index (χ1v) is 11.8. The molecule has 4 N–H and O–H groups in total. The summed E-state index contributed by atoms with van der Waals surface area (Å²) in [5.74, 6) is -1.86. The molecule has 2 aromatic rings. The van der Waals surface area contributed by atoms with Gasteiger partial charge in [-0.2, -0.15) is 0 Å². The maximum Gasteiger partial charge on any atom is 0.323 e. The van der Waals surface area contributed by atoms with E-state index in [9.17, 15) is 23.2 Å². The molecule has 2 fully saturated rings. The monoisotopic (exact) mass is 485 g/mol. The van der Waals surface area contributed by atoms with Crippen LogP contribution in [0.25, 0.3) is 0 Å². The van der Waals surface area contributed by atoms with Gasteiger partial charge in [-0.15, -0.1) is 0 Å². The van der Waals surface area contributed by atoms with Gasteiger partial charge in [0.15, 0.2) is 6.17 Å². The van der Waals surface area contributed by atoms with Crippen molar-refractivity contribution < 1.29 is 23.2 Å². The summed E-state index contributed by atoms with van der Waals surface area (Å²) >= 11 is 0. The molecule has 0 radical (unpaired) electrons. The highest BCUT2D eigenvalue weighted by atomic mass is 19.1. The zero-order valence-corrected chi connectivity index (χ0v) is 19.3. The molecule has 8 nitrogen and oxygen atoms in total. The van der Waals surface area contributed by atoms with E-state index in [1.807, 2.05) is 0 Å². The number of hydrogen-bond acceptors (Lipinski definition) is 4. The summed E-state index contributed by atoms with van der Waals surface area (Å²) in [7, 11) is 0. The zero-order valence-electron chi connectivity index (χ0n) is 19.3. The largest absolute Gasteiger partial charge is 0.350 e. The maximum atomic E-state index is 13.5. The minimum atomic E-state index is -1.20. The topological polar surface area (TPSA) is 108 Å². The van der Waals surface area contributed by atoms with Crippen molar-refractivity contribution in [1.29, 1.82) is 0 Å². The van der Waals surface area contributed by atoms with Gasteiger partial charge in [0.25, 0.3) is 11.8 Å². The van der Waals surface area contributed by atoms with Gasteiger partial charge in [-0.1, -0.05) is 0 Å². The summed E-state index contributed by atoms with van der Waals surface area (Å²) < 4.78 is 26.7. The van der Waals surface area contributed by atoms with E-state index >= 15 is 0 Å². The van der Waals surface area contributed by atoms with Crippen molar-refractivity contribution in [2.24, 2.45) is 5.73 Å². The molecule has 1 saturated heterocycles. The lowest BCUT2D eigenvalue weighted by molar-refractivity contribution is -0.133. The van der Waals surface area contributed by atoms with Gasteiger partial charge >= 0.3 is 6.03 Å². The quantitative estimate of drug-likeness (QED) is 0.619. The molecular formula is C25H29F2N5O3. The lowest BCUT2D eigenvalue weighted by Crippen LogP contribution is -2.65. The van der Waals surface area contributed by atoms with Crippen LogP contribution in [0.4, 0.5) is 19.3 Å². The number of urea groups is 1. The van der Waals surface area contributed by atoms with Crippen LogP contribution in [0.15, 0.2) is 48.5 Å². The Morgan fingerprint density at radius 1 is 0.829 bits per heavy atom. The first-order valence-electron chi connectivity index (χ1n) is 11.8. The molecule has 2 aliphatic rings. The number of nitrogens with two attached hydrogens (primary N) is 1. The van der Waals surface area contributed by atoms with E-state index in [2.05, 4.69) is 10.6 Å². The van der Waals surface area contributed by atoms with Gasteiger partial charge in [0.2, 0.25) is 0 Å². The van der Waals surface area contributed by atoms with E-state index in [0.29, 0.717) is 24.9 Å². The Balaban J connectivity index is 1.58. The Hall–Kier alpha value is -3.53. The summed E-state index contributed by atoms with van der Waals surface area (Å²) in [6, 6.07) is 9.74. The number of nitrogens with one attached hydrogen (secondary N) is 2. The third kappa shape index (κ3) is 5.94. The first kappa shape index (κ1) is 24.6. The van der Waals surface area contributed by atoms with Gasteiger partial charge in [-0.25, -0.2) is 13.6 Å². The molecule has 10 heteroatoms. The van der Waals surface area contributed by atoms with Crippen molar-refractivity contribution in [3.63, 3.8) is 0 Å². The lowest BCUT2D eigenvalue weighted by atomic mass is 9.91. The van der Waals surface area contributed by atoms with Crippen molar-refractivity contribution in [3.8, 4) is 0 Å². The summed E-state index contributed by atoms with van der Waals surface area (Å²) in [6.45, 7) is 0.498. The highest BCUT2D eigenvalue weighted by Crippen LogP contribution is 2.22.